The smallest absolute Gasteiger partial charge is 0.327 e. The highest BCUT2D eigenvalue weighted by molar-refractivity contribution is 5.69. The Morgan fingerprint density at radius 2 is 2.28 bits per heavy atom. The van der Waals surface area contributed by atoms with Crippen molar-refractivity contribution in [3.63, 3.8) is 0 Å². The normalized spacial score (nSPS) is 26.7. The summed E-state index contributed by atoms with van der Waals surface area (Å²) in [5.74, 6) is 1.21. The number of nitrogens with zero attached hydrogens (tertiary/aromatic N) is 2. The molecule has 18 heavy (non-hydrogen) atoms. The molecule has 1 saturated carbocycles. The number of aryl methyl sites for hydroxylation is 1. The van der Waals surface area contributed by atoms with E-state index in [0.717, 1.165) is 18.0 Å². The predicted octanol–water partition coefficient (Wildman–Crippen LogP) is 2.05. The Hall–Kier alpha value is -1.32. The molecular formula is C14H20N2O2. The van der Waals surface area contributed by atoms with Gasteiger partial charge in [-0.1, -0.05) is 13.8 Å². The Kier molecular flexibility index (Phi) is 2.34. The van der Waals surface area contributed by atoms with Crippen LogP contribution < -0.4 is 0 Å². The number of rotatable bonds is 3. The quantitative estimate of drug-likeness (QED) is 0.769. The molecule has 2 atom stereocenters. The van der Waals surface area contributed by atoms with E-state index in [1.807, 2.05) is 11.6 Å². The van der Waals surface area contributed by atoms with Gasteiger partial charge < -0.3 is 4.74 Å². The van der Waals surface area contributed by atoms with Crippen molar-refractivity contribution in [2.75, 3.05) is 6.61 Å². The average Bonchev–Trinajstić information content (AvgIpc) is 2.67. The zero-order chi connectivity index (χ0) is 13.1. The molecule has 0 N–H and O–H groups in total. The first-order valence-corrected chi connectivity index (χ1v) is 6.68. The number of carbonyl (C=O) groups excluding carboxylic acids is 1. The summed E-state index contributed by atoms with van der Waals surface area (Å²) in [5, 5.41) is 4.51. The van der Waals surface area contributed by atoms with Gasteiger partial charge in [0, 0.05) is 11.3 Å². The van der Waals surface area contributed by atoms with E-state index in [4.69, 9.17) is 4.74 Å². The van der Waals surface area contributed by atoms with Crippen molar-refractivity contribution in [3.05, 3.63) is 17.0 Å². The van der Waals surface area contributed by atoms with Gasteiger partial charge in [-0.15, -0.1) is 0 Å². The molecule has 4 nitrogen and oxygen atoms in total. The van der Waals surface area contributed by atoms with Crippen LogP contribution in [0.15, 0.2) is 0 Å². The molecule has 0 saturated heterocycles. The largest absolute Gasteiger partial charge is 0.465 e. The Bertz CT molecular complexity index is 516. The lowest BCUT2D eigenvalue weighted by atomic mass is 9.98. The lowest BCUT2D eigenvalue weighted by molar-refractivity contribution is -0.144. The highest BCUT2D eigenvalue weighted by atomic mass is 16.5. The van der Waals surface area contributed by atoms with Crippen molar-refractivity contribution in [1.29, 1.82) is 0 Å². The zero-order valence-corrected chi connectivity index (χ0v) is 11.5. The third kappa shape index (κ3) is 1.44. The van der Waals surface area contributed by atoms with Crippen LogP contribution in [0.3, 0.4) is 0 Å². The monoisotopic (exact) mass is 248 g/mol. The minimum absolute atomic E-state index is 0.192. The summed E-state index contributed by atoms with van der Waals surface area (Å²) in [4.78, 5) is 11.6. The van der Waals surface area contributed by atoms with Crippen LogP contribution in [-0.2, 0) is 22.5 Å². The molecule has 98 valence electrons. The minimum atomic E-state index is -0.192. The summed E-state index contributed by atoms with van der Waals surface area (Å²) in [6, 6.07) is 0. The van der Waals surface area contributed by atoms with E-state index < -0.39 is 0 Å². The summed E-state index contributed by atoms with van der Waals surface area (Å²) in [6.45, 7) is 9.22. The molecule has 0 aromatic carbocycles. The van der Waals surface area contributed by atoms with Crippen LogP contribution in [0.1, 0.15) is 43.6 Å². The van der Waals surface area contributed by atoms with Gasteiger partial charge >= 0.3 is 5.97 Å². The molecule has 1 aromatic heterocycles. The predicted molar refractivity (Wildman–Crippen MR) is 67.3 cm³/mol. The standard InChI is InChI=1S/C14H20N2O2/c1-5-18-11(17)7-16-10-6-9-13(14(9,3)4)12(10)8(2)15-16/h9,13H,5-7H2,1-4H3/t9-,13-/m1/s1. The fourth-order valence-corrected chi connectivity index (χ4v) is 3.63. The number of aromatic nitrogens is 2. The van der Waals surface area contributed by atoms with Crippen LogP contribution in [0.5, 0.6) is 0 Å². The highest BCUT2D eigenvalue weighted by Crippen LogP contribution is 2.70. The van der Waals surface area contributed by atoms with Crippen molar-refractivity contribution in [2.45, 2.75) is 46.6 Å². The van der Waals surface area contributed by atoms with Crippen molar-refractivity contribution in [2.24, 2.45) is 11.3 Å². The molecule has 3 rings (SSSR count). The van der Waals surface area contributed by atoms with E-state index in [1.165, 1.54) is 11.3 Å². The van der Waals surface area contributed by atoms with Gasteiger partial charge in [-0.05, 0) is 37.5 Å². The Balaban J connectivity index is 1.86. The molecule has 4 heteroatoms. The minimum Gasteiger partial charge on any atom is -0.465 e. The fraction of sp³-hybridized carbons (Fsp3) is 0.714. The van der Waals surface area contributed by atoms with Gasteiger partial charge in [0.25, 0.3) is 0 Å². The Morgan fingerprint density at radius 3 is 2.94 bits per heavy atom. The van der Waals surface area contributed by atoms with E-state index in [0.29, 0.717) is 17.9 Å². The second kappa shape index (κ2) is 3.59. The van der Waals surface area contributed by atoms with Crippen LogP contribution in [0, 0.1) is 18.3 Å². The summed E-state index contributed by atoms with van der Waals surface area (Å²) in [7, 11) is 0. The molecule has 2 aliphatic carbocycles. The maximum absolute atomic E-state index is 11.6. The van der Waals surface area contributed by atoms with E-state index >= 15 is 0 Å². The number of fused-ring (bicyclic) bond motifs is 3. The highest BCUT2D eigenvalue weighted by Gasteiger charge is 2.63. The molecule has 0 radical (unpaired) electrons. The molecule has 0 bridgehead atoms. The van der Waals surface area contributed by atoms with Crippen molar-refractivity contribution >= 4 is 5.97 Å². The van der Waals surface area contributed by atoms with Gasteiger partial charge in [0.05, 0.1) is 12.3 Å². The summed E-state index contributed by atoms with van der Waals surface area (Å²) in [5.41, 5.74) is 4.17. The molecular weight excluding hydrogens is 228 g/mol. The van der Waals surface area contributed by atoms with E-state index in [9.17, 15) is 4.79 Å². The van der Waals surface area contributed by atoms with Gasteiger partial charge in [0.15, 0.2) is 0 Å². The van der Waals surface area contributed by atoms with Crippen LogP contribution in [0.4, 0.5) is 0 Å². The summed E-state index contributed by atoms with van der Waals surface area (Å²) >= 11 is 0. The molecule has 1 heterocycles. The van der Waals surface area contributed by atoms with Crippen LogP contribution >= 0.6 is 0 Å². The van der Waals surface area contributed by atoms with Crippen LogP contribution in [0.25, 0.3) is 0 Å². The SMILES string of the molecule is CCOC(=O)Cn1nc(C)c2c1C[C@@H]1[C@H]2C1(C)C. The number of hydrogen-bond acceptors (Lipinski definition) is 3. The number of carbonyl (C=O) groups is 1. The lowest BCUT2D eigenvalue weighted by Gasteiger charge is -2.10. The number of ether oxygens (including phenoxy) is 1. The third-order valence-electron chi connectivity index (χ3n) is 4.64. The van der Waals surface area contributed by atoms with E-state index in [-0.39, 0.29) is 12.5 Å². The van der Waals surface area contributed by atoms with Gasteiger partial charge in [-0.3, -0.25) is 9.48 Å². The second-order valence-electron chi connectivity index (χ2n) is 6.02. The van der Waals surface area contributed by atoms with E-state index in [2.05, 4.69) is 25.9 Å². The second-order valence-corrected chi connectivity index (χ2v) is 6.02. The Morgan fingerprint density at radius 1 is 1.56 bits per heavy atom. The molecule has 0 amide bonds. The maximum Gasteiger partial charge on any atom is 0.327 e. The maximum atomic E-state index is 11.6. The summed E-state index contributed by atoms with van der Waals surface area (Å²) < 4.78 is 6.85. The molecule has 0 spiro atoms. The Labute approximate surface area is 107 Å². The first-order valence-electron chi connectivity index (χ1n) is 6.68. The third-order valence-corrected chi connectivity index (χ3v) is 4.64. The van der Waals surface area contributed by atoms with Gasteiger partial charge in [-0.2, -0.15) is 5.10 Å². The molecule has 0 unspecified atom stereocenters. The average molecular weight is 248 g/mol. The van der Waals surface area contributed by atoms with E-state index in [1.54, 1.807) is 0 Å². The molecule has 2 aliphatic rings. The summed E-state index contributed by atoms with van der Waals surface area (Å²) in [6.07, 6.45) is 1.06. The lowest BCUT2D eigenvalue weighted by Crippen LogP contribution is -2.17. The number of esters is 1. The fourth-order valence-electron chi connectivity index (χ4n) is 3.63. The van der Waals surface area contributed by atoms with Crippen molar-refractivity contribution < 1.29 is 9.53 Å². The first kappa shape index (κ1) is 11.8. The topological polar surface area (TPSA) is 44.1 Å². The van der Waals surface area contributed by atoms with Crippen molar-refractivity contribution in [1.82, 2.24) is 9.78 Å². The van der Waals surface area contributed by atoms with Crippen LogP contribution in [-0.4, -0.2) is 22.4 Å². The molecule has 1 fully saturated rings. The molecule has 1 aromatic rings. The van der Waals surface area contributed by atoms with Crippen LogP contribution in [0.2, 0.25) is 0 Å². The first-order chi connectivity index (χ1) is 8.46. The molecule has 0 aliphatic heterocycles. The van der Waals surface area contributed by atoms with Gasteiger partial charge in [0.1, 0.15) is 6.54 Å². The zero-order valence-electron chi connectivity index (χ0n) is 11.5. The van der Waals surface area contributed by atoms with Gasteiger partial charge in [0.2, 0.25) is 0 Å². The van der Waals surface area contributed by atoms with Gasteiger partial charge in [-0.25, -0.2) is 0 Å². The van der Waals surface area contributed by atoms with Crippen molar-refractivity contribution in [3.8, 4) is 0 Å². The number of hydrogen-bond donors (Lipinski definition) is 0.